The van der Waals surface area contributed by atoms with Crippen molar-refractivity contribution in [2.24, 2.45) is 0 Å². The van der Waals surface area contributed by atoms with Crippen LogP contribution in [0.25, 0.3) is 0 Å². The van der Waals surface area contributed by atoms with Gasteiger partial charge in [-0.3, -0.25) is 4.79 Å². The number of halogens is 3. The SMILES string of the molecule is C[C@@]1(C(=O)Nc2cccc(C(F)(F)F)c2)CO1. The van der Waals surface area contributed by atoms with Gasteiger partial charge in [-0.05, 0) is 25.1 Å². The van der Waals surface area contributed by atoms with Gasteiger partial charge in [0.15, 0.2) is 5.60 Å². The highest BCUT2D eigenvalue weighted by Gasteiger charge is 2.47. The van der Waals surface area contributed by atoms with E-state index in [1.54, 1.807) is 6.92 Å². The van der Waals surface area contributed by atoms with Gasteiger partial charge in [-0.2, -0.15) is 13.2 Å². The van der Waals surface area contributed by atoms with Crippen LogP contribution in [0, 0.1) is 0 Å². The zero-order chi connectivity index (χ0) is 12.7. The van der Waals surface area contributed by atoms with Gasteiger partial charge in [-0.15, -0.1) is 0 Å². The van der Waals surface area contributed by atoms with E-state index in [2.05, 4.69) is 5.32 Å². The number of carbonyl (C=O) groups excluding carboxylic acids is 1. The summed E-state index contributed by atoms with van der Waals surface area (Å²) in [7, 11) is 0. The molecule has 0 spiro atoms. The lowest BCUT2D eigenvalue weighted by Crippen LogP contribution is -2.28. The second-order valence-electron chi connectivity index (χ2n) is 4.05. The van der Waals surface area contributed by atoms with Crippen LogP contribution in [0.4, 0.5) is 18.9 Å². The summed E-state index contributed by atoms with van der Waals surface area (Å²) in [6.45, 7) is 1.87. The summed E-state index contributed by atoms with van der Waals surface area (Å²) < 4.78 is 42.1. The number of nitrogens with one attached hydrogen (secondary N) is 1. The molecule has 1 fully saturated rings. The third-order valence-corrected chi connectivity index (χ3v) is 2.51. The molecule has 2 rings (SSSR count). The predicted octanol–water partition coefficient (Wildman–Crippen LogP) is 2.43. The average Bonchev–Trinajstić information content (AvgIpc) is 2.97. The van der Waals surface area contributed by atoms with E-state index in [-0.39, 0.29) is 12.3 Å². The molecule has 1 atom stereocenters. The Labute approximate surface area is 95.6 Å². The minimum atomic E-state index is -4.42. The maximum Gasteiger partial charge on any atom is 0.416 e. The van der Waals surface area contributed by atoms with Crippen molar-refractivity contribution in [3.63, 3.8) is 0 Å². The summed E-state index contributed by atoms with van der Waals surface area (Å²) in [6.07, 6.45) is -4.42. The fraction of sp³-hybridized carbons (Fsp3) is 0.364. The third-order valence-electron chi connectivity index (χ3n) is 2.51. The van der Waals surface area contributed by atoms with E-state index in [0.717, 1.165) is 12.1 Å². The molecule has 0 saturated carbocycles. The van der Waals surface area contributed by atoms with Crippen LogP contribution in [0.1, 0.15) is 12.5 Å². The molecule has 1 amide bonds. The molecule has 1 saturated heterocycles. The average molecular weight is 245 g/mol. The van der Waals surface area contributed by atoms with Crippen LogP contribution in [-0.4, -0.2) is 18.1 Å². The number of ether oxygens (including phenoxy) is 1. The number of amides is 1. The summed E-state index contributed by atoms with van der Waals surface area (Å²) >= 11 is 0. The molecule has 1 aliphatic heterocycles. The highest BCUT2D eigenvalue weighted by molar-refractivity contribution is 5.98. The molecule has 0 aliphatic carbocycles. The molecule has 6 heteroatoms. The van der Waals surface area contributed by atoms with Crippen LogP contribution in [0.5, 0.6) is 0 Å². The molecule has 1 aromatic rings. The molecule has 17 heavy (non-hydrogen) atoms. The maximum atomic E-state index is 12.4. The Morgan fingerprint density at radius 2 is 2.12 bits per heavy atom. The first-order valence-electron chi connectivity index (χ1n) is 4.94. The van der Waals surface area contributed by atoms with E-state index < -0.39 is 23.2 Å². The molecule has 0 radical (unpaired) electrons. The fourth-order valence-electron chi connectivity index (χ4n) is 1.28. The molecule has 1 aromatic carbocycles. The molecule has 1 N–H and O–H groups in total. The third kappa shape index (κ3) is 2.58. The second-order valence-corrected chi connectivity index (χ2v) is 4.05. The van der Waals surface area contributed by atoms with Crippen molar-refractivity contribution in [2.75, 3.05) is 11.9 Å². The van der Waals surface area contributed by atoms with Crippen molar-refractivity contribution in [3.05, 3.63) is 29.8 Å². The van der Waals surface area contributed by atoms with E-state index in [1.807, 2.05) is 0 Å². The molecule has 92 valence electrons. The van der Waals surface area contributed by atoms with Crippen LogP contribution < -0.4 is 5.32 Å². The van der Waals surface area contributed by atoms with Gasteiger partial charge in [-0.1, -0.05) is 6.07 Å². The summed E-state index contributed by atoms with van der Waals surface area (Å²) in [4.78, 5) is 11.5. The normalized spacial score (nSPS) is 23.3. The minimum Gasteiger partial charge on any atom is -0.359 e. The molecule has 1 heterocycles. The summed E-state index contributed by atoms with van der Waals surface area (Å²) in [5.41, 5.74) is -1.58. The molecule has 0 aromatic heterocycles. The van der Waals surface area contributed by atoms with Gasteiger partial charge in [0.1, 0.15) is 0 Å². The number of rotatable bonds is 2. The van der Waals surface area contributed by atoms with Gasteiger partial charge in [-0.25, -0.2) is 0 Å². The second kappa shape index (κ2) is 3.73. The molecule has 0 bridgehead atoms. The topological polar surface area (TPSA) is 41.6 Å². The first-order chi connectivity index (χ1) is 7.81. The van der Waals surface area contributed by atoms with Gasteiger partial charge in [0.05, 0.1) is 12.2 Å². The van der Waals surface area contributed by atoms with Crippen molar-refractivity contribution in [3.8, 4) is 0 Å². The van der Waals surface area contributed by atoms with Crippen molar-refractivity contribution in [1.82, 2.24) is 0 Å². The highest BCUT2D eigenvalue weighted by Crippen LogP contribution is 2.32. The van der Waals surface area contributed by atoms with Crippen LogP contribution in [0.3, 0.4) is 0 Å². The van der Waals surface area contributed by atoms with Gasteiger partial charge < -0.3 is 10.1 Å². The van der Waals surface area contributed by atoms with Gasteiger partial charge in [0, 0.05) is 5.69 Å². The molecule has 0 unspecified atom stereocenters. The predicted molar refractivity (Wildman–Crippen MR) is 54.4 cm³/mol. The Bertz CT molecular complexity index is 452. The van der Waals surface area contributed by atoms with Crippen molar-refractivity contribution in [2.45, 2.75) is 18.7 Å². The Morgan fingerprint density at radius 1 is 1.47 bits per heavy atom. The first kappa shape index (κ1) is 11.9. The fourth-order valence-corrected chi connectivity index (χ4v) is 1.28. The quantitative estimate of drug-likeness (QED) is 0.813. The first-order valence-corrected chi connectivity index (χ1v) is 4.94. The standard InChI is InChI=1S/C11H10F3NO2/c1-10(6-17-10)9(16)15-8-4-2-3-7(5-8)11(12,13)14/h2-5H,6H2,1H3,(H,15,16)/t10-/m0/s1. The highest BCUT2D eigenvalue weighted by atomic mass is 19.4. The Balaban J connectivity index is 2.14. The summed E-state index contributed by atoms with van der Waals surface area (Å²) in [5.74, 6) is -0.433. The van der Waals surface area contributed by atoms with E-state index >= 15 is 0 Å². The van der Waals surface area contributed by atoms with Crippen molar-refractivity contribution in [1.29, 1.82) is 0 Å². The molecule has 3 nitrogen and oxygen atoms in total. The van der Waals surface area contributed by atoms with Crippen molar-refractivity contribution >= 4 is 11.6 Å². The molecular weight excluding hydrogens is 235 g/mol. The lowest BCUT2D eigenvalue weighted by Gasteiger charge is -2.11. The van der Waals surface area contributed by atoms with E-state index in [9.17, 15) is 18.0 Å². The number of benzene rings is 1. The zero-order valence-electron chi connectivity index (χ0n) is 8.97. The van der Waals surface area contributed by atoms with Crippen LogP contribution in [0.2, 0.25) is 0 Å². The van der Waals surface area contributed by atoms with E-state index in [0.29, 0.717) is 0 Å². The smallest absolute Gasteiger partial charge is 0.359 e. The number of hydrogen-bond acceptors (Lipinski definition) is 2. The Morgan fingerprint density at radius 3 is 2.65 bits per heavy atom. The lowest BCUT2D eigenvalue weighted by molar-refractivity contribution is -0.137. The molecule has 1 aliphatic rings. The largest absolute Gasteiger partial charge is 0.416 e. The lowest BCUT2D eigenvalue weighted by atomic mass is 10.1. The van der Waals surface area contributed by atoms with Crippen LogP contribution in [-0.2, 0) is 15.7 Å². The van der Waals surface area contributed by atoms with Gasteiger partial charge >= 0.3 is 6.18 Å². The van der Waals surface area contributed by atoms with Crippen LogP contribution in [0.15, 0.2) is 24.3 Å². The monoisotopic (exact) mass is 245 g/mol. The number of hydrogen-bond donors (Lipinski definition) is 1. The number of alkyl halides is 3. The molecular formula is C11H10F3NO2. The number of carbonyl (C=O) groups is 1. The van der Waals surface area contributed by atoms with Gasteiger partial charge in [0.2, 0.25) is 0 Å². The van der Waals surface area contributed by atoms with E-state index in [4.69, 9.17) is 4.74 Å². The zero-order valence-corrected chi connectivity index (χ0v) is 8.97. The maximum absolute atomic E-state index is 12.4. The Hall–Kier alpha value is -1.56. The van der Waals surface area contributed by atoms with Crippen molar-refractivity contribution < 1.29 is 22.7 Å². The number of epoxide rings is 1. The van der Waals surface area contributed by atoms with Crippen LogP contribution >= 0.6 is 0 Å². The van der Waals surface area contributed by atoms with E-state index in [1.165, 1.54) is 12.1 Å². The summed E-state index contributed by atoms with van der Waals surface area (Å²) in [6, 6.07) is 4.49. The summed E-state index contributed by atoms with van der Waals surface area (Å²) in [5, 5.41) is 2.39. The Kier molecular flexibility index (Phi) is 2.61. The minimum absolute atomic E-state index is 0.113. The van der Waals surface area contributed by atoms with Gasteiger partial charge in [0.25, 0.3) is 5.91 Å². The number of anilines is 1.